The second-order valence-electron chi connectivity index (χ2n) is 5.86. The number of hydrogen-bond acceptors (Lipinski definition) is 2. The first-order valence-corrected chi connectivity index (χ1v) is 8.26. The van der Waals surface area contributed by atoms with Crippen molar-refractivity contribution in [1.29, 1.82) is 0 Å². The van der Waals surface area contributed by atoms with E-state index < -0.39 is 0 Å². The Hall–Kier alpha value is -2.52. The summed E-state index contributed by atoms with van der Waals surface area (Å²) in [5, 5.41) is -0.223. The second-order valence-corrected chi connectivity index (χ2v) is 6.26. The van der Waals surface area contributed by atoms with Crippen molar-refractivity contribution < 1.29 is 4.79 Å². The number of carbonyl (C=O) groups excluding carboxylic acids is 1. The van der Waals surface area contributed by atoms with Crippen LogP contribution in [0.25, 0.3) is 0 Å². The van der Waals surface area contributed by atoms with Crippen LogP contribution in [0.15, 0.2) is 72.8 Å². The number of benzene rings is 3. The third kappa shape index (κ3) is 3.52. The van der Waals surface area contributed by atoms with Crippen molar-refractivity contribution in [3.8, 4) is 0 Å². The molecule has 0 aliphatic carbocycles. The number of aryl methyl sites for hydroxylation is 2. The van der Waals surface area contributed by atoms with Crippen LogP contribution in [-0.2, 0) is 0 Å². The predicted octanol–water partition coefficient (Wildman–Crippen LogP) is 5.84. The highest BCUT2D eigenvalue weighted by Gasteiger charge is 2.12. The Kier molecular flexibility index (Phi) is 4.72. The topological polar surface area (TPSA) is 20.3 Å². The fourth-order valence-corrected chi connectivity index (χ4v) is 2.74. The van der Waals surface area contributed by atoms with Crippen LogP contribution in [0, 0.1) is 13.8 Å². The SMILES string of the molecule is Cc1ccc(N(c2ccc(C)cc2)c2ccc(C(=O)S)cc2)cc1. The molecule has 0 aromatic heterocycles. The molecule has 0 saturated carbocycles. The minimum absolute atomic E-state index is 0.223. The van der Waals surface area contributed by atoms with Crippen molar-refractivity contribution in [2.24, 2.45) is 0 Å². The van der Waals surface area contributed by atoms with Crippen LogP contribution in [0.1, 0.15) is 21.5 Å². The van der Waals surface area contributed by atoms with Gasteiger partial charge < -0.3 is 4.90 Å². The molecule has 0 atom stereocenters. The van der Waals surface area contributed by atoms with Crippen LogP contribution in [0.2, 0.25) is 0 Å². The molecule has 0 amide bonds. The molecule has 0 bridgehead atoms. The highest BCUT2D eigenvalue weighted by Crippen LogP contribution is 2.34. The van der Waals surface area contributed by atoms with Crippen LogP contribution in [0.3, 0.4) is 0 Å². The van der Waals surface area contributed by atoms with E-state index in [0.29, 0.717) is 5.56 Å². The Bertz CT molecular complexity index is 791. The molecular weight excluding hydrogens is 314 g/mol. The van der Waals surface area contributed by atoms with Gasteiger partial charge in [-0.2, -0.15) is 0 Å². The molecule has 0 aliphatic rings. The number of carbonyl (C=O) groups is 1. The summed E-state index contributed by atoms with van der Waals surface area (Å²) in [4.78, 5) is 13.6. The molecule has 0 aliphatic heterocycles. The van der Waals surface area contributed by atoms with Crippen LogP contribution in [0.4, 0.5) is 17.1 Å². The maximum atomic E-state index is 11.4. The standard InChI is InChI=1S/C21H19NOS/c1-15-3-9-18(10-4-15)22(19-11-5-16(2)6-12-19)20-13-7-17(8-14-20)21(23)24/h3-14H,1-2H3,(H,23,24). The Morgan fingerprint density at radius 3 is 1.33 bits per heavy atom. The van der Waals surface area contributed by atoms with Gasteiger partial charge in [-0.25, -0.2) is 0 Å². The van der Waals surface area contributed by atoms with E-state index in [1.54, 1.807) is 12.1 Å². The quantitative estimate of drug-likeness (QED) is 0.605. The van der Waals surface area contributed by atoms with Crippen LogP contribution < -0.4 is 4.90 Å². The molecule has 0 unspecified atom stereocenters. The Morgan fingerprint density at radius 1 is 0.667 bits per heavy atom. The lowest BCUT2D eigenvalue weighted by molar-refractivity contribution is 0.109. The molecule has 0 heterocycles. The highest BCUT2D eigenvalue weighted by atomic mass is 32.1. The summed E-state index contributed by atoms with van der Waals surface area (Å²) in [6, 6.07) is 24.3. The van der Waals surface area contributed by atoms with E-state index in [0.717, 1.165) is 17.1 Å². The zero-order chi connectivity index (χ0) is 17.1. The van der Waals surface area contributed by atoms with Gasteiger partial charge in [-0.1, -0.05) is 35.4 Å². The zero-order valence-corrected chi connectivity index (χ0v) is 14.6. The van der Waals surface area contributed by atoms with Crippen molar-refractivity contribution in [1.82, 2.24) is 0 Å². The zero-order valence-electron chi connectivity index (χ0n) is 13.7. The lowest BCUT2D eigenvalue weighted by atomic mass is 10.1. The monoisotopic (exact) mass is 333 g/mol. The summed E-state index contributed by atoms with van der Waals surface area (Å²) in [7, 11) is 0. The van der Waals surface area contributed by atoms with Gasteiger partial charge in [0, 0.05) is 22.6 Å². The van der Waals surface area contributed by atoms with Crippen LogP contribution in [-0.4, -0.2) is 5.12 Å². The van der Waals surface area contributed by atoms with Gasteiger partial charge in [-0.3, -0.25) is 4.79 Å². The summed E-state index contributed by atoms with van der Waals surface area (Å²) >= 11 is 3.88. The lowest BCUT2D eigenvalue weighted by Crippen LogP contribution is -2.10. The van der Waals surface area contributed by atoms with Gasteiger partial charge in [0.15, 0.2) is 0 Å². The Morgan fingerprint density at radius 2 is 1.00 bits per heavy atom. The van der Waals surface area contributed by atoms with Gasteiger partial charge in [0.1, 0.15) is 0 Å². The third-order valence-electron chi connectivity index (χ3n) is 3.96. The molecule has 2 nitrogen and oxygen atoms in total. The van der Waals surface area contributed by atoms with Crippen molar-refractivity contribution in [2.75, 3.05) is 4.90 Å². The number of rotatable bonds is 4. The van der Waals surface area contributed by atoms with Gasteiger partial charge in [0.2, 0.25) is 5.12 Å². The molecular formula is C21H19NOS. The second kappa shape index (κ2) is 6.93. The average Bonchev–Trinajstić information content (AvgIpc) is 2.59. The predicted molar refractivity (Wildman–Crippen MR) is 104 cm³/mol. The first-order chi connectivity index (χ1) is 11.5. The van der Waals surface area contributed by atoms with Crippen LogP contribution >= 0.6 is 12.6 Å². The first kappa shape index (κ1) is 16.3. The van der Waals surface area contributed by atoms with E-state index in [9.17, 15) is 4.79 Å². The molecule has 0 saturated heterocycles. The number of nitrogens with zero attached hydrogens (tertiary/aromatic N) is 1. The minimum Gasteiger partial charge on any atom is -0.311 e. The highest BCUT2D eigenvalue weighted by molar-refractivity contribution is 7.97. The summed E-state index contributed by atoms with van der Waals surface area (Å²) < 4.78 is 0. The summed E-state index contributed by atoms with van der Waals surface area (Å²) in [6.45, 7) is 4.15. The number of anilines is 3. The van der Waals surface area contributed by atoms with Gasteiger partial charge in [0.05, 0.1) is 0 Å². The molecule has 3 aromatic carbocycles. The molecule has 0 radical (unpaired) electrons. The lowest BCUT2D eigenvalue weighted by Gasteiger charge is -2.25. The minimum atomic E-state index is -0.223. The maximum absolute atomic E-state index is 11.4. The van der Waals surface area contributed by atoms with E-state index in [-0.39, 0.29) is 5.12 Å². The van der Waals surface area contributed by atoms with Gasteiger partial charge in [-0.15, -0.1) is 12.6 Å². The van der Waals surface area contributed by atoms with Gasteiger partial charge >= 0.3 is 0 Å². The van der Waals surface area contributed by atoms with Crippen molar-refractivity contribution in [2.45, 2.75) is 13.8 Å². The fourth-order valence-electron chi connectivity index (χ4n) is 2.59. The average molecular weight is 333 g/mol. The van der Waals surface area contributed by atoms with E-state index in [1.165, 1.54) is 11.1 Å². The molecule has 120 valence electrons. The Labute approximate surface area is 148 Å². The molecule has 3 heteroatoms. The normalized spacial score (nSPS) is 10.5. The first-order valence-electron chi connectivity index (χ1n) is 7.81. The van der Waals surface area contributed by atoms with Crippen molar-refractivity contribution in [3.63, 3.8) is 0 Å². The van der Waals surface area contributed by atoms with E-state index in [4.69, 9.17) is 0 Å². The molecule has 24 heavy (non-hydrogen) atoms. The third-order valence-corrected chi connectivity index (χ3v) is 4.21. The molecule has 0 fully saturated rings. The van der Waals surface area contributed by atoms with E-state index in [1.807, 2.05) is 12.1 Å². The van der Waals surface area contributed by atoms with Crippen molar-refractivity contribution in [3.05, 3.63) is 89.5 Å². The number of hydrogen-bond donors (Lipinski definition) is 1. The maximum Gasteiger partial charge on any atom is 0.216 e. The number of thiol groups is 1. The molecule has 0 N–H and O–H groups in total. The van der Waals surface area contributed by atoms with E-state index >= 15 is 0 Å². The molecule has 0 spiro atoms. The largest absolute Gasteiger partial charge is 0.311 e. The van der Waals surface area contributed by atoms with Crippen LogP contribution in [0.5, 0.6) is 0 Å². The Balaban J connectivity index is 2.08. The summed E-state index contributed by atoms with van der Waals surface area (Å²) in [5.74, 6) is 0. The fraction of sp³-hybridized carbons (Fsp3) is 0.0952. The molecule has 3 aromatic rings. The summed E-state index contributed by atoms with van der Waals surface area (Å²) in [6.07, 6.45) is 0. The molecule has 3 rings (SSSR count). The summed E-state index contributed by atoms with van der Waals surface area (Å²) in [5.41, 5.74) is 6.19. The van der Waals surface area contributed by atoms with E-state index in [2.05, 4.69) is 79.9 Å². The smallest absolute Gasteiger partial charge is 0.216 e. The van der Waals surface area contributed by atoms with Gasteiger partial charge in [-0.05, 0) is 62.4 Å². The van der Waals surface area contributed by atoms with Crippen molar-refractivity contribution >= 4 is 34.8 Å². The van der Waals surface area contributed by atoms with Gasteiger partial charge in [0.25, 0.3) is 0 Å².